The zero-order valence-corrected chi connectivity index (χ0v) is 13.0. The van der Waals surface area contributed by atoms with E-state index in [1.54, 1.807) is 31.2 Å². The summed E-state index contributed by atoms with van der Waals surface area (Å²) in [5, 5.41) is 8.05. The highest BCUT2D eigenvalue weighted by Gasteiger charge is 2.31. The molecule has 0 radical (unpaired) electrons. The third-order valence-corrected chi connectivity index (χ3v) is 3.73. The number of hydrogen-bond acceptors (Lipinski definition) is 2. The fourth-order valence-electron chi connectivity index (χ4n) is 2.65. The summed E-state index contributed by atoms with van der Waals surface area (Å²) < 4.78 is 13.5. The summed E-state index contributed by atoms with van der Waals surface area (Å²) in [6, 6.07) is 13.7. The lowest BCUT2D eigenvalue weighted by Gasteiger charge is -2.28. The van der Waals surface area contributed by atoms with E-state index in [0.717, 1.165) is 0 Å². The Morgan fingerprint density at radius 3 is 2.58 bits per heavy atom. The molecule has 1 aliphatic rings. The quantitative estimate of drug-likeness (QED) is 0.811. The van der Waals surface area contributed by atoms with Gasteiger partial charge >= 0.3 is 6.03 Å². The Kier molecular flexibility index (Phi) is 4.29. The molecule has 1 heterocycles. The number of urea groups is 1. The molecular formula is C18H16FN3O2. The number of benzene rings is 2. The minimum atomic E-state index is -0.724. The van der Waals surface area contributed by atoms with Gasteiger partial charge in [-0.2, -0.15) is 0 Å². The van der Waals surface area contributed by atoms with Crippen LogP contribution in [0, 0.1) is 5.82 Å². The van der Waals surface area contributed by atoms with Crippen molar-refractivity contribution >= 4 is 17.6 Å². The molecule has 3 amide bonds. The summed E-state index contributed by atoms with van der Waals surface area (Å²) in [5.41, 5.74) is 1.91. The van der Waals surface area contributed by atoms with Crippen LogP contribution in [-0.4, -0.2) is 11.9 Å². The second-order valence-corrected chi connectivity index (χ2v) is 5.45. The van der Waals surface area contributed by atoms with Crippen LogP contribution in [0.4, 0.5) is 14.9 Å². The maximum Gasteiger partial charge on any atom is 0.319 e. The van der Waals surface area contributed by atoms with Gasteiger partial charge < -0.3 is 16.0 Å². The summed E-state index contributed by atoms with van der Waals surface area (Å²) in [7, 11) is 0. The van der Waals surface area contributed by atoms with Crippen molar-refractivity contribution < 1.29 is 14.0 Å². The van der Waals surface area contributed by atoms with Gasteiger partial charge in [0.2, 0.25) is 0 Å². The first kappa shape index (κ1) is 15.7. The number of hydrogen-bond donors (Lipinski definition) is 3. The molecule has 6 heteroatoms. The van der Waals surface area contributed by atoms with Crippen LogP contribution < -0.4 is 16.0 Å². The van der Waals surface area contributed by atoms with Crippen LogP contribution in [0.25, 0.3) is 0 Å². The van der Waals surface area contributed by atoms with Crippen LogP contribution in [0.5, 0.6) is 0 Å². The van der Waals surface area contributed by atoms with Gasteiger partial charge in [-0.25, -0.2) is 9.18 Å². The SMILES string of the molecule is CC1=C(C(=O)Nc2ccccc2)[C@@H](c2cccc(F)c2)NC(=O)N1. The summed E-state index contributed by atoms with van der Waals surface area (Å²) in [6.45, 7) is 1.64. The van der Waals surface area contributed by atoms with Crippen molar-refractivity contribution in [2.24, 2.45) is 0 Å². The van der Waals surface area contributed by atoms with Gasteiger partial charge in [0.15, 0.2) is 0 Å². The molecule has 1 aliphatic heterocycles. The first-order chi connectivity index (χ1) is 11.5. The van der Waals surface area contributed by atoms with E-state index in [0.29, 0.717) is 22.5 Å². The molecule has 0 saturated carbocycles. The normalized spacial score (nSPS) is 17.1. The minimum absolute atomic E-state index is 0.337. The van der Waals surface area contributed by atoms with Gasteiger partial charge in [0.1, 0.15) is 5.82 Å². The van der Waals surface area contributed by atoms with Crippen LogP contribution in [0.3, 0.4) is 0 Å². The molecule has 122 valence electrons. The zero-order chi connectivity index (χ0) is 17.1. The van der Waals surface area contributed by atoms with Gasteiger partial charge in [-0.15, -0.1) is 0 Å². The predicted molar refractivity (Wildman–Crippen MR) is 88.6 cm³/mol. The Morgan fingerprint density at radius 2 is 1.88 bits per heavy atom. The van der Waals surface area contributed by atoms with Gasteiger partial charge in [-0.05, 0) is 36.8 Å². The van der Waals surface area contributed by atoms with Crippen LogP contribution in [0.1, 0.15) is 18.5 Å². The average Bonchev–Trinajstić information content (AvgIpc) is 2.55. The van der Waals surface area contributed by atoms with Crippen LogP contribution >= 0.6 is 0 Å². The van der Waals surface area contributed by atoms with Gasteiger partial charge in [-0.1, -0.05) is 30.3 Å². The number of carbonyl (C=O) groups is 2. The van der Waals surface area contributed by atoms with E-state index in [4.69, 9.17) is 0 Å². The van der Waals surface area contributed by atoms with Crippen molar-refractivity contribution in [3.05, 3.63) is 77.2 Å². The van der Waals surface area contributed by atoms with E-state index < -0.39 is 17.9 Å². The fourth-order valence-corrected chi connectivity index (χ4v) is 2.65. The highest BCUT2D eigenvalue weighted by atomic mass is 19.1. The van der Waals surface area contributed by atoms with E-state index in [9.17, 15) is 14.0 Å². The van der Waals surface area contributed by atoms with E-state index in [2.05, 4.69) is 16.0 Å². The Hall–Kier alpha value is -3.15. The molecule has 0 aromatic heterocycles. The summed E-state index contributed by atoms with van der Waals surface area (Å²) in [4.78, 5) is 24.5. The lowest BCUT2D eigenvalue weighted by Crippen LogP contribution is -2.46. The van der Waals surface area contributed by atoms with Crippen molar-refractivity contribution in [1.82, 2.24) is 10.6 Å². The standard InChI is InChI=1S/C18H16FN3O2/c1-11-15(17(23)21-14-8-3-2-4-9-14)16(22-18(24)20-11)12-6-5-7-13(19)10-12/h2-10,16H,1H3,(H,21,23)(H2,20,22,24)/t16-/m1/s1. The molecule has 1 atom stereocenters. The molecule has 3 N–H and O–H groups in total. The molecule has 0 aliphatic carbocycles. The lowest BCUT2D eigenvalue weighted by atomic mass is 9.94. The molecule has 0 bridgehead atoms. The molecule has 0 unspecified atom stereocenters. The number of halogens is 1. The highest BCUT2D eigenvalue weighted by Crippen LogP contribution is 2.28. The zero-order valence-electron chi connectivity index (χ0n) is 13.0. The van der Waals surface area contributed by atoms with E-state index in [-0.39, 0.29) is 5.91 Å². The predicted octanol–water partition coefficient (Wildman–Crippen LogP) is 3.09. The molecule has 0 fully saturated rings. The molecule has 2 aromatic rings. The highest BCUT2D eigenvalue weighted by molar-refractivity contribution is 6.06. The molecule has 3 rings (SSSR count). The molecular weight excluding hydrogens is 309 g/mol. The second-order valence-electron chi connectivity index (χ2n) is 5.45. The van der Waals surface area contributed by atoms with Crippen LogP contribution in [-0.2, 0) is 4.79 Å². The number of carbonyl (C=O) groups excluding carboxylic acids is 2. The number of nitrogens with one attached hydrogen (secondary N) is 3. The maximum absolute atomic E-state index is 13.5. The van der Waals surface area contributed by atoms with Crippen molar-refractivity contribution in [2.45, 2.75) is 13.0 Å². The molecule has 0 saturated heterocycles. The van der Waals surface area contributed by atoms with Crippen molar-refractivity contribution in [1.29, 1.82) is 0 Å². The lowest BCUT2D eigenvalue weighted by molar-refractivity contribution is -0.113. The van der Waals surface area contributed by atoms with Gasteiger partial charge in [-0.3, -0.25) is 4.79 Å². The second kappa shape index (κ2) is 6.54. The van der Waals surface area contributed by atoms with Crippen LogP contribution in [0.2, 0.25) is 0 Å². The van der Waals surface area contributed by atoms with Crippen molar-refractivity contribution in [2.75, 3.05) is 5.32 Å². The van der Waals surface area contributed by atoms with Crippen LogP contribution in [0.15, 0.2) is 65.9 Å². The summed E-state index contributed by atoms with van der Waals surface area (Å²) >= 11 is 0. The summed E-state index contributed by atoms with van der Waals surface area (Å²) in [5.74, 6) is -0.791. The number of anilines is 1. The largest absolute Gasteiger partial charge is 0.327 e. The minimum Gasteiger partial charge on any atom is -0.327 e. The number of para-hydroxylation sites is 1. The van der Waals surface area contributed by atoms with E-state index in [1.807, 2.05) is 18.2 Å². The first-order valence-electron chi connectivity index (χ1n) is 7.45. The Bertz CT molecular complexity index is 818. The Labute approximate surface area is 138 Å². The molecule has 0 spiro atoms. The topological polar surface area (TPSA) is 70.2 Å². The van der Waals surface area contributed by atoms with Gasteiger partial charge in [0, 0.05) is 11.4 Å². The smallest absolute Gasteiger partial charge is 0.319 e. The molecule has 24 heavy (non-hydrogen) atoms. The van der Waals surface area contributed by atoms with Crippen molar-refractivity contribution in [3.8, 4) is 0 Å². The Balaban J connectivity index is 1.96. The van der Waals surface area contributed by atoms with E-state index >= 15 is 0 Å². The number of amides is 3. The third-order valence-electron chi connectivity index (χ3n) is 3.73. The third kappa shape index (κ3) is 3.27. The number of allylic oxidation sites excluding steroid dienone is 1. The first-order valence-corrected chi connectivity index (χ1v) is 7.45. The van der Waals surface area contributed by atoms with Gasteiger partial charge in [0.05, 0.1) is 11.6 Å². The maximum atomic E-state index is 13.5. The van der Waals surface area contributed by atoms with E-state index in [1.165, 1.54) is 12.1 Å². The molecule has 2 aromatic carbocycles. The number of rotatable bonds is 3. The average molecular weight is 325 g/mol. The fraction of sp³-hybridized carbons (Fsp3) is 0.111. The van der Waals surface area contributed by atoms with Crippen molar-refractivity contribution in [3.63, 3.8) is 0 Å². The Morgan fingerprint density at radius 1 is 1.12 bits per heavy atom. The molecule has 5 nitrogen and oxygen atoms in total. The summed E-state index contributed by atoms with van der Waals surface area (Å²) in [6.07, 6.45) is 0. The monoisotopic (exact) mass is 325 g/mol. The van der Waals surface area contributed by atoms with Gasteiger partial charge in [0.25, 0.3) is 5.91 Å².